The van der Waals surface area contributed by atoms with Crippen molar-refractivity contribution in [3.63, 3.8) is 0 Å². The summed E-state index contributed by atoms with van der Waals surface area (Å²) in [6.07, 6.45) is 37.4. The average Bonchev–Trinajstić information content (AvgIpc) is 1.55. The van der Waals surface area contributed by atoms with Crippen molar-refractivity contribution in [3.8, 4) is 23.6 Å². The lowest BCUT2D eigenvalue weighted by molar-refractivity contribution is -0.128. The minimum Gasteiger partial charge on any atom is -0.372 e. The molecule has 0 radical (unpaired) electrons. The summed E-state index contributed by atoms with van der Waals surface area (Å²) in [7, 11) is 0. The number of terminal acetylenes is 1. The van der Waals surface area contributed by atoms with Crippen molar-refractivity contribution in [1.29, 1.82) is 0 Å². The number of pyridine rings is 1. The molecule has 88 heavy (non-hydrogen) atoms. The third-order valence-corrected chi connectivity index (χ3v) is 19.2. The van der Waals surface area contributed by atoms with Crippen molar-refractivity contribution in [1.82, 2.24) is 20.3 Å². The van der Waals surface area contributed by atoms with E-state index in [9.17, 15) is 18.8 Å². The number of carbonyl (C=O) groups is 3. The first-order chi connectivity index (χ1) is 42.3. The molecule has 3 amide bonds. The Balaban J connectivity index is 0.000000233. The standard InChI is InChI=1S/C29H27FN4.C23H37N3O3.C13H26.C7H14.C5H12/c1-4-21-24(30)13-12-19-8-5-9-22(25(19)21)26-18(3)27-23(15-31-26)29(33-28(32-27)20-10-11-20)34-14-6-7-17(2)16-34;1-6-9-10-15-25(14-8-3)20-12-13-21(18(4)16-20)26(19(5)28)22(11-7-2)23(29)24-17-27;1-4-6-7-9-13(8-5-2)10-12(3)11-13;1-3-7(4-2)5-6-7;1-4-5(2)3/h1,5,8-9,12-13,15,17,20H,6-7,10-11,14,16H2,2-3H3;12-13,16-17,22H,6-11,14-15H2,1-5H3,(H,24,27,29);12H,4-11H2,1-3H3;3-6H2,1-2H3;5H,4H2,1-3H3. The van der Waals surface area contributed by atoms with E-state index < -0.39 is 11.9 Å². The lowest BCUT2D eigenvalue weighted by Crippen LogP contribution is -2.49. The summed E-state index contributed by atoms with van der Waals surface area (Å²) in [4.78, 5) is 57.0. The van der Waals surface area contributed by atoms with Crippen LogP contribution in [0.2, 0.25) is 0 Å². The molecule has 9 rings (SSSR count). The van der Waals surface area contributed by atoms with E-state index >= 15 is 0 Å². The molecule has 2 atom stereocenters. The number of aryl methyl sites for hydroxylation is 2. The Morgan fingerprint density at radius 3 is 2.06 bits per heavy atom. The topological polar surface area (TPSA) is 112 Å². The normalized spacial score (nSPS) is 18.3. The first kappa shape index (κ1) is 72.9. The summed E-state index contributed by atoms with van der Waals surface area (Å²) in [5.41, 5.74) is 8.24. The van der Waals surface area contributed by atoms with Gasteiger partial charge in [0.25, 0.3) is 0 Å². The number of hydrogen-bond donors (Lipinski definition) is 1. The zero-order valence-electron chi connectivity index (χ0n) is 57.6. The van der Waals surface area contributed by atoms with Gasteiger partial charge in [-0.05, 0) is 161 Å². The third-order valence-electron chi connectivity index (χ3n) is 19.2. The minimum absolute atomic E-state index is 0.214. The predicted octanol–water partition coefficient (Wildman–Crippen LogP) is 20.0. The van der Waals surface area contributed by atoms with Crippen LogP contribution in [0, 0.1) is 60.6 Å². The van der Waals surface area contributed by atoms with E-state index in [1.165, 1.54) is 127 Å². The van der Waals surface area contributed by atoms with E-state index in [-0.39, 0.29) is 17.3 Å². The minimum atomic E-state index is -0.705. The van der Waals surface area contributed by atoms with Crippen LogP contribution in [-0.2, 0) is 14.4 Å². The van der Waals surface area contributed by atoms with Gasteiger partial charge in [0, 0.05) is 73.1 Å². The monoisotopic (exact) mass is 1210 g/mol. The summed E-state index contributed by atoms with van der Waals surface area (Å²) < 4.78 is 14.6. The molecular formula is C77H116FN7O3. The third kappa shape index (κ3) is 20.3. The number of fused-ring (bicyclic) bond motifs is 2. The number of hydrogen-bond acceptors (Lipinski definition) is 8. The molecule has 4 aliphatic rings. The number of unbranched alkanes of at least 4 members (excludes halogenated alkanes) is 4. The van der Waals surface area contributed by atoms with Gasteiger partial charge in [-0.1, -0.05) is 177 Å². The highest BCUT2D eigenvalue weighted by molar-refractivity contribution is 6.04. The number of halogens is 1. The van der Waals surface area contributed by atoms with E-state index in [1.807, 2.05) is 50.4 Å². The van der Waals surface area contributed by atoms with Crippen LogP contribution in [-0.4, -0.2) is 65.4 Å². The number of amides is 3. The summed E-state index contributed by atoms with van der Waals surface area (Å²) in [6.45, 7) is 36.4. The smallest absolute Gasteiger partial charge is 0.249 e. The molecule has 3 aliphatic carbocycles. The number of imide groups is 1. The summed E-state index contributed by atoms with van der Waals surface area (Å²) >= 11 is 0. The molecule has 5 aromatic rings. The van der Waals surface area contributed by atoms with Crippen LogP contribution in [0.4, 0.5) is 21.6 Å². The molecule has 4 fully saturated rings. The average molecular weight is 1210 g/mol. The van der Waals surface area contributed by atoms with Gasteiger partial charge in [0.15, 0.2) is 0 Å². The van der Waals surface area contributed by atoms with Crippen molar-refractivity contribution >= 4 is 57.1 Å². The number of benzene rings is 3. The van der Waals surface area contributed by atoms with Crippen LogP contribution < -0.4 is 20.0 Å². The zero-order chi connectivity index (χ0) is 64.6. The summed E-state index contributed by atoms with van der Waals surface area (Å²) in [5.74, 6) is 6.45. The number of rotatable bonds is 25. The van der Waals surface area contributed by atoms with Crippen LogP contribution in [0.25, 0.3) is 32.9 Å². The lowest BCUT2D eigenvalue weighted by Gasteiger charge is -2.47. The van der Waals surface area contributed by atoms with Gasteiger partial charge in [0.2, 0.25) is 18.2 Å². The molecule has 0 bridgehead atoms. The Kier molecular flexibility index (Phi) is 29.9. The van der Waals surface area contributed by atoms with E-state index in [2.05, 4.69) is 110 Å². The molecule has 3 saturated carbocycles. The van der Waals surface area contributed by atoms with Crippen LogP contribution in [0.5, 0.6) is 0 Å². The molecule has 11 heteroatoms. The lowest BCUT2D eigenvalue weighted by atomic mass is 9.58. The maximum Gasteiger partial charge on any atom is 0.249 e. The number of nitrogens with one attached hydrogen (secondary N) is 1. The molecule has 10 nitrogen and oxygen atoms in total. The molecule has 1 aliphatic heterocycles. The van der Waals surface area contributed by atoms with E-state index in [0.29, 0.717) is 30.4 Å². The van der Waals surface area contributed by atoms with Gasteiger partial charge in [-0.3, -0.25) is 29.6 Å². The second-order valence-corrected chi connectivity index (χ2v) is 27.1. The predicted molar refractivity (Wildman–Crippen MR) is 372 cm³/mol. The number of carbonyl (C=O) groups excluding carboxylic acids is 3. The Hall–Kier alpha value is -5.89. The second-order valence-electron chi connectivity index (χ2n) is 27.1. The Morgan fingerprint density at radius 2 is 1.52 bits per heavy atom. The molecule has 1 saturated heterocycles. The Labute approximate surface area is 533 Å². The van der Waals surface area contributed by atoms with E-state index in [4.69, 9.17) is 21.4 Å². The van der Waals surface area contributed by atoms with Crippen molar-refractivity contribution in [2.24, 2.45) is 28.6 Å². The highest BCUT2D eigenvalue weighted by Gasteiger charge is 2.40. The van der Waals surface area contributed by atoms with Crippen LogP contribution in [0.1, 0.15) is 266 Å². The highest BCUT2D eigenvalue weighted by Crippen LogP contribution is 2.53. The number of nitrogens with zero attached hydrogens (tertiary/aromatic N) is 6. The van der Waals surface area contributed by atoms with Gasteiger partial charge in [-0.2, -0.15) is 0 Å². The highest BCUT2D eigenvalue weighted by atomic mass is 19.1. The maximum absolute atomic E-state index is 14.6. The van der Waals surface area contributed by atoms with E-state index in [1.54, 1.807) is 6.07 Å². The number of aromatic nitrogens is 3. The second kappa shape index (κ2) is 36.1. The van der Waals surface area contributed by atoms with Gasteiger partial charge in [0.1, 0.15) is 23.5 Å². The van der Waals surface area contributed by atoms with Crippen LogP contribution >= 0.6 is 0 Å². The number of anilines is 3. The fourth-order valence-electron chi connectivity index (χ4n) is 13.4. The Bertz CT molecular complexity index is 3010. The fourth-order valence-corrected chi connectivity index (χ4v) is 13.4. The first-order valence-corrected chi connectivity index (χ1v) is 34.8. The molecule has 484 valence electrons. The van der Waals surface area contributed by atoms with E-state index in [0.717, 1.165) is 142 Å². The van der Waals surface area contributed by atoms with Gasteiger partial charge in [-0.15, -0.1) is 6.42 Å². The number of piperidine rings is 1. The molecule has 0 spiro atoms. The quantitative estimate of drug-likeness (QED) is 0.0349. The summed E-state index contributed by atoms with van der Waals surface area (Å²) in [6, 6.07) is 14.4. The Morgan fingerprint density at radius 1 is 0.830 bits per heavy atom. The molecule has 2 aromatic heterocycles. The van der Waals surface area contributed by atoms with Crippen molar-refractivity contribution in [2.75, 3.05) is 40.9 Å². The summed E-state index contributed by atoms with van der Waals surface area (Å²) in [5, 5.41) is 4.82. The maximum atomic E-state index is 14.6. The van der Waals surface area contributed by atoms with Crippen LogP contribution in [0.3, 0.4) is 0 Å². The largest absolute Gasteiger partial charge is 0.372 e. The first-order valence-electron chi connectivity index (χ1n) is 34.8. The van der Waals surface area contributed by atoms with Crippen molar-refractivity contribution in [3.05, 3.63) is 83.1 Å². The molecule has 1 N–H and O–H groups in total. The van der Waals surface area contributed by atoms with Crippen LogP contribution in [0.15, 0.2) is 54.7 Å². The van der Waals surface area contributed by atoms with Crippen molar-refractivity contribution in [2.45, 2.75) is 263 Å². The zero-order valence-corrected chi connectivity index (χ0v) is 57.6. The van der Waals surface area contributed by atoms with Gasteiger partial charge >= 0.3 is 0 Å². The van der Waals surface area contributed by atoms with Gasteiger partial charge in [0.05, 0.1) is 22.2 Å². The molecule has 3 aromatic carbocycles. The van der Waals surface area contributed by atoms with Gasteiger partial charge in [-0.25, -0.2) is 14.4 Å². The molecule has 2 unspecified atom stereocenters. The van der Waals surface area contributed by atoms with Gasteiger partial charge < -0.3 is 9.80 Å². The fraction of sp³-hybridized carbons (Fsp3) is 0.636. The van der Waals surface area contributed by atoms with Crippen molar-refractivity contribution < 1.29 is 18.8 Å². The molecular weight excluding hydrogens is 1090 g/mol. The SMILES string of the molecule is C#Cc1c(F)ccc2cccc(-c3ncc4c(N5CCCC(C)C5)nc(C5CC5)nc4c3C)c12.CCC(C)C.CCC1(CC)CC1.CCCCCC1(CCC)CC(C)C1.CCCCCN(CCC)c1ccc(N(C(C)=O)C(CCC)C(=O)NC=O)c(C)c1. The molecule has 3 heterocycles.